The maximum absolute atomic E-state index is 13.1. The third-order valence-electron chi connectivity index (χ3n) is 5.76. The van der Waals surface area contributed by atoms with Gasteiger partial charge in [-0.15, -0.1) is 0 Å². The highest BCUT2D eigenvalue weighted by atomic mass is 16.5. The normalized spacial score (nSPS) is 20.7. The van der Waals surface area contributed by atoms with Crippen LogP contribution < -0.4 is 4.74 Å². The minimum Gasteiger partial charge on any atom is -0.507 e. The zero-order valence-electron chi connectivity index (χ0n) is 18.4. The number of nitrogens with zero attached hydrogens (tertiary/aromatic N) is 3. The third-order valence-corrected chi connectivity index (χ3v) is 5.76. The summed E-state index contributed by atoms with van der Waals surface area (Å²) in [5, 5.41) is 11.1. The number of hydrogen-bond donors (Lipinski definition) is 1. The highest BCUT2D eigenvalue weighted by Crippen LogP contribution is 2.38. The van der Waals surface area contributed by atoms with E-state index in [1.165, 1.54) is 4.90 Å². The van der Waals surface area contributed by atoms with Crippen molar-refractivity contribution in [3.63, 3.8) is 0 Å². The van der Waals surface area contributed by atoms with Gasteiger partial charge in [0.1, 0.15) is 24.2 Å². The van der Waals surface area contributed by atoms with Gasteiger partial charge in [0.2, 0.25) is 0 Å². The number of Topliss-reactive ketones (excluding diaryl/α,β-unsaturated/α-hetero) is 1. The van der Waals surface area contributed by atoms with E-state index >= 15 is 0 Å². The number of carbonyl (C=O) groups excluding carboxylic acids is 2. The summed E-state index contributed by atoms with van der Waals surface area (Å²) in [6, 6.07) is 11.3. The summed E-state index contributed by atoms with van der Waals surface area (Å²) in [5.41, 5.74) is 1.000. The number of pyridine rings is 1. The van der Waals surface area contributed by atoms with Crippen LogP contribution in [0, 0.1) is 0 Å². The molecule has 2 fully saturated rings. The lowest BCUT2D eigenvalue weighted by atomic mass is 9.98. The molecule has 3 heterocycles. The Kier molecular flexibility index (Phi) is 7.16. The molecule has 2 aliphatic rings. The fourth-order valence-electron chi connectivity index (χ4n) is 4.05. The predicted octanol–water partition coefficient (Wildman–Crippen LogP) is 2.40. The minimum absolute atomic E-state index is 0.0421. The van der Waals surface area contributed by atoms with Crippen molar-refractivity contribution in [3.8, 4) is 5.75 Å². The van der Waals surface area contributed by atoms with Gasteiger partial charge in [-0.2, -0.15) is 0 Å². The Morgan fingerprint density at radius 2 is 1.91 bits per heavy atom. The summed E-state index contributed by atoms with van der Waals surface area (Å²) in [6.45, 7) is 7.78. The molecule has 172 valence electrons. The topological polar surface area (TPSA) is 92.2 Å². The van der Waals surface area contributed by atoms with E-state index in [0.29, 0.717) is 49.9 Å². The average molecular weight is 450 g/mol. The fraction of sp³-hybridized carbons (Fsp3) is 0.320. The van der Waals surface area contributed by atoms with E-state index in [0.717, 1.165) is 13.1 Å². The molecule has 33 heavy (non-hydrogen) atoms. The molecule has 0 aliphatic carbocycles. The summed E-state index contributed by atoms with van der Waals surface area (Å²) >= 11 is 0. The van der Waals surface area contributed by atoms with Crippen LogP contribution in [0.2, 0.25) is 0 Å². The second kappa shape index (κ2) is 10.4. The SMILES string of the molecule is C=CCOc1ccc(C(O)=C2C(=O)C(=O)N(CCN3CCOCC3)[C@H]2c2ccccn2)cc1. The molecule has 2 aromatic rings. The number of amides is 1. The molecule has 1 aromatic carbocycles. The lowest BCUT2D eigenvalue weighted by Gasteiger charge is -2.30. The van der Waals surface area contributed by atoms with E-state index in [4.69, 9.17) is 9.47 Å². The second-order valence-corrected chi connectivity index (χ2v) is 7.83. The van der Waals surface area contributed by atoms with E-state index < -0.39 is 17.7 Å². The Balaban J connectivity index is 1.66. The molecule has 2 aliphatic heterocycles. The average Bonchev–Trinajstić information content (AvgIpc) is 3.12. The molecule has 8 nitrogen and oxygen atoms in total. The van der Waals surface area contributed by atoms with E-state index in [1.54, 1.807) is 54.7 Å². The molecule has 2 saturated heterocycles. The number of benzene rings is 1. The van der Waals surface area contributed by atoms with Gasteiger partial charge in [0.05, 0.1) is 24.5 Å². The molecule has 0 saturated carbocycles. The Hall–Kier alpha value is -3.49. The standard InChI is InChI=1S/C25H27N3O5/c1-2-15-33-19-8-6-18(7-9-19)23(29)21-22(20-5-3-4-10-26-20)28(25(31)24(21)30)12-11-27-13-16-32-17-14-27/h2-10,22,29H,1,11-17H2/t22-/m0/s1. The molecule has 8 heteroatoms. The maximum Gasteiger partial charge on any atom is 0.295 e. The van der Waals surface area contributed by atoms with Gasteiger partial charge in [0.15, 0.2) is 0 Å². The number of rotatable bonds is 8. The molecule has 4 rings (SSSR count). The van der Waals surface area contributed by atoms with Crippen molar-refractivity contribution in [1.29, 1.82) is 0 Å². The van der Waals surface area contributed by atoms with Crippen molar-refractivity contribution < 1.29 is 24.2 Å². The minimum atomic E-state index is -0.760. The molecule has 1 aromatic heterocycles. The molecule has 0 radical (unpaired) electrons. The summed E-state index contributed by atoms with van der Waals surface area (Å²) < 4.78 is 10.9. The van der Waals surface area contributed by atoms with Crippen molar-refractivity contribution in [1.82, 2.24) is 14.8 Å². The molecule has 0 spiro atoms. The maximum atomic E-state index is 13.1. The number of ketones is 1. The quantitative estimate of drug-likeness (QED) is 0.286. The highest BCUT2D eigenvalue weighted by molar-refractivity contribution is 6.46. The first-order chi connectivity index (χ1) is 16.1. The Labute approximate surface area is 192 Å². The number of morpholine rings is 1. The highest BCUT2D eigenvalue weighted by Gasteiger charge is 2.46. The van der Waals surface area contributed by atoms with Gasteiger partial charge >= 0.3 is 0 Å². The summed E-state index contributed by atoms with van der Waals surface area (Å²) in [5.74, 6) is -0.963. The molecule has 1 N–H and O–H groups in total. The molecule has 1 amide bonds. The molecule has 0 bridgehead atoms. The summed E-state index contributed by atoms with van der Waals surface area (Å²) in [7, 11) is 0. The van der Waals surface area contributed by atoms with Crippen molar-refractivity contribution in [3.05, 3.63) is 78.1 Å². The van der Waals surface area contributed by atoms with E-state index in [9.17, 15) is 14.7 Å². The van der Waals surface area contributed by atoms with E-state index in [2.05, 4.69) is 16.5 Å². The lowest BCUT2D eigenvalue weighted by Crippen LogP contribution is -2.42. The number of aliphatic hydroxyl groups is 1. The Morgan fingerprint density at radius 3 is 2.58 bits per heavy atom. The first-order valence-electron chi connectivity index (χ1n) is 10.9. The smallest absolute Gasteiger partial charge is 0.295 e. The van der Waals surface area contributed by atoms with Crippen LogP contribution in [0.5, 0.6) is 5.75 Å². The number of aliphatic hydroxyl groups excluding tert-OH is 1. The van der Waals surface area contributed by atoms with Gasteiger partial charge in [0, 0.05) is 37.9 Å². The zero-order valence-corrected chi connectivity index (χ0v) is 18.4. The number of carbonyl (C=O) groups is 2. The lowest BCUT2D eigenvalue weighted by molar-refractivity contribution is -0.140. The Morgan fingerprint density at radius 1 is 1.15 bits per heavy atom. The second-order valence-electron chi connectivity index (χ2n) is 7.83. The molecular formula is C25H27N3O5. The van der Waals surface area contributed by atoms with Crippen LogP contribution in [0.15, 0.2) is 66.9 Å². The van der Waals surface area contributed by atoms with Crippen molar-refractivity contribution in [2.75, 3.05) is 46.0 Å². The number of hydrogen-bond acceptors (Lipinski definition) is 7. The van der Waals surface area contributed by atoms with E-state index in [-0.39, 0.29) is 11.3 Å². The fourth-order valence-corrected chi connectivity index (χ4v) is 4.05. The third kappa shape index (κ3) is 4.97. The first kappa shape index (κ1) is 22.7. The van der Waals surface area contributed by atoms with Gasteiger partial charge in [-0.1, -0.05) is 18.7 Å². The van der Waals surface area contributed by atoms with Gasteiger partial charge in [0.25, 0.3) is 11.7 Å². The van der Waals surface area contributed by atoms with Crippen molar-refractivity contribution >= 4 is 17.4 Å². The van der Waals surface area contributed by atoms with Crippen LogP contribution in [0.3, 0.4) is 0 Å². The number of ether oxygens (including phenoxy) is 2. The van der Waals surface area contributed by atoms with Crippen LogP contribution in [-0.4, -0.2) is 77.6 Å². The predicted molar refractivity (Wildman–Crippen MR) is 123 cm³/mol. The van der Waals surface area contributed by atoms with Crippen molar-refractivity contribution in [2.45, 2.75) is 6.04 Å². The molecular weight excluding hydrogens is 422 g/mol. The van der Waals surface area contributed by atoms with Gasteiger partial charge < -0.3 is 19.5 Å². The summed E-state index contributed by atoms with van der Waals surface area (Å²) in [6.07, 6.45) is 3.25. The van der Waals surface area contributed by atoms with Crippen LogP contribution in [-0.2, 0) is 14.3 Å². The monoisotopic (exact) mass is 449 g/mol. The largest absolute Gasteiger partial charge is 0.507 e. The first-order valence-corrected chi connectivity index (χ1v) is 10.9. The molecule has 1 atom stereocenters. The number of aromatic nitrogens is 1. The van der Waals surface area contributed by atoms with Crippen molar-refractivity contribution in [2.24, 2.45) is 0 Å². The van der Waals surface area contributed by atoms with Gasteiger partial charge in [-0.25, -0.2) is 0 Å². The van der Waals surface area contributed by atoms with Crippen LogP contribution in [0.25, 0.3) is 5.76 Å². The van der Waals surface area contributed by atoms with Crippen LogP contribution >= 0.6 is 0 Å². The van der Waals surface area contributed by atoms with Crippen LogP contribution in [0.1, 0.15) is 17.3 Å². The summed E-state index contributed by atoms with van der Waals surface area (Å²) in [4.78, 5) is 34.2. The number of likely N-dealkylation sites (tertiary alicyclic amines) is 1. The van der Waals surface area contributed by atoms with Gasteiger partial charge in [-0.3, -0.25) is 19.5 Å². The zero-order chi connectivity index (χ0) is 23.2. The molecule has 0 unspecified atom stereocenters. The Bertz CT molecular complexity index is 1030. The van der Waals surface area contributed by atoms with E-state index in [1.807, 2.05) is 0 Å². The van der Waals surface area contributed by atoms with Gasteiger partial charge in [-0.05, 0) is 36.4 Å². The van der Waals surface area contributed by atoms with Crippen LogP contribution in [0.4, 0.5) is 0 Å².